The lowest BCUT2D eigenvalue weighted by molar-refractivity contribution is -0.137. The molecule has 1 aromatic carbocycles. The van der Waals surface area contributed by atoms with Gasteiger partial charge in [-0.2, -0.15) is 18.4 Å². The predicted octanol–water partition coefficient (Wildman–Crippen LogP) is 4.78. The molecule has 0 amide bonds. The summed E-state index contributed by atoms with van der Waals surface area (Å²) in [6.07, 6.45) is -3.64. The second kappa shape index (κ2) is 5.73. The van der Waals surface area contributed by atoms with Crippen molar-refractivity contribution < 1.29 is 13.2 Å². The molecule has 0 saturated carbocycles. The van der Waals surface area contributed by atoms with Crippen LogP contribution in [0.3, 0.4) is 0 Å². The molecule has 102 valence electrons. The fourth-order valence-corrected chi connectivity index (χ4v) is 2.39. The Labute approximate surface area is 122 Å². The molecule has 0 aliphatic heterocycles. The summed E-state index contributed by atoms with van der Waals surface area (Å²) in [4.78, 5) is 4.33. The second-order valence-corrected chi connectivity index (χ2v) is 5.24. The van der Waals surface area contributed by atoms with Gasteiger partial charge in [-0.3, -0.25) is 0 Å². The topological polar surface area (TPSA) is 36.7 Å². The Morgan fingerprint density at radius 3 is 2.50 bits per heavy atom. The van der Waals surface area contributed by atoms with Gasteiger partial charge in [0.25, 0.3) is 0 Å². The van der Waals surface area contributed by atoms with Gasteiger partial charge in [0.05, 0.1) is 11.1 Å². The third-order valence-electron chi connectivity index (χ3n) is 2.34. The van der Waals surface area contributed by atoms with Crippen molar-refractivity contribution in [3.05, 3.63) is 52.7 Å². The van der Waals surface area contributed by atoms with E-state index in [4.69, 9.17) is 16.9 Å². The smallest absolute Gasteiger partial charge is 0.249 e. The van der Waals surface area contributed by atoms with Crippen LogP contribution in [0.1, 0.15) is 11.1 Å². The van der Waals surface area contributed by atoms with E-state index in [-0.39, 0.29) is 0 Å². The summed E-state index contributed by atoms with van der Waals surface area (Å²) in [6, 6.07) is 8.93. The van der Waals surface area contributed by atoms with Gasteiger partial charge in [0.2, 0.25) is 0 Å². The molecule has 20 heavy (non-hydrogen) atoms. The van der Waals surface area contributed by atoms with Gasteiger partial charge in [-0.05, 0) is 30.3 Å². The lowest BCUT2D eigenvalue weighted by Gasteiger charge is -2.07. The fraction of sp³-hybridized carbons (Fsp3) is 0.0769. The summed E-state index contributed by atoms with van der Waals surface area (Å²) >= 11 is 6.88. The number of hydrogen-bond acceptors (Lipinski definition) is 3. The van der Waals surface area contributed by atoms with Crippen LogP contribution in [0.4, 0.5) is 13.2 Å². The fourth-order valence-electron chi connectivity index (χ4n) is 1.40. The second-order valence-electron chi connectivity index (χ2n) is 3.74. The Bertz CT molecular complexity index is 663. The van der Waals surface area contributed by atoms with E-state index in [1.54, 1.807) is 12.1 Å². The molecule has 0 N–H and O–H groups in total. The molecule has 0 atom stereocenters. The molecule has 0 unspecified atom stereocenters. The zero-order valence-electron chi connectivity index (χ0n) is 9.78. The number of nitriles is 1. The lowest BCUT2D eigenvalue weighted by Crippen LogP contribution is -2.05. The molecular formula is C13H6ClF3N2S. The maximum absolute atomic E-state index is 12.4. The van der Waals surface area contributed by atoms with Crippen LogP contribution in [0.2, 0.25) is 5.02 Å². The highest BCUT2D eigenvalue weighted by atomic mass is 35.5. The highest BCUT2D eigenvalue weighted by molar-refractivity contribution is 7.99. The van der Waals surface area contributed by atoms with E-state index >= 15 is 0 Å². The number of halogens is 4. The molecule has 0 radical (unpaired) electrons. The van der Waals surface area contributed by atoms with Crippen molar-refractivity contribution in [1.82, 2.24) is 4.98 Å². The van der Waals surface area contributed by atoms with Crippen molar-refractivity contribution in [1.29, 1.82) is 5.26 Å². The van der Waals surface area contributed by atoms with E-state index in [9.17, 15) is 13.2 Å². The summed E-state index contributed by atoms with van der Waals surface area (Å²) in [5.74, 6) is 0. The molecule has 1 aromatic heterocycles. The molecule has 0 spiro atoms. The first-order valence-electron chi connectivity index (χ1n) is 5.31. The summed E-state index contributed by atoms with van der Waals surface area (Å²) in [5.41, 5.74) is -0.456. The van der Waals surface area contributed by atoms with E-state index in [0.717, 1.165) is 24.0 Å². The average Bonchev–Trinajstić information content (AvgIpc) is 2.40. The van der Waals surface area contributed by atoms with Crippen molar-refractivity contribution in [2.75, 3.05) is 0 Å². The summed E-state index contributed by atoms with van der Waals surface area (Å²) < 4.78 is 37.2. The third kappa shape index (κ3) is 3.44. The zero-order valence-corrected chi connectivity index (χ0v) is 11.4. The van der Waals surface area contributed by atoms with Crippen LogP contribution in [0.25, 0.3) is 0 Å². The first kappa shape index (κ1) is 14.7. The Balaban J connectivity index is 2.25. The minimum Gasteiger partial charge on any atom is -0.249 e. The molecule has 2 nitrogen and oxygen atoms in total. The zero-order chi connectivity index (χ0) is 14.8. The molecule has 0 saturated heterocycles. The first-order valence-corrected chi connectivity index (χ1v) is 6.50. The minimum absolute atomic E-state index is 0.351. The maximum atomic E-state index is 12.4. The Hall–Kier alpha value is -1.71. The monoisotopic (exact) mass is 314 g/mol. The van der Waals surface area contributed by atoms with Crippen LogP contribution in [0.15, 0.2) is 46.5 Å². The van der Waals surface area contributed by atoms with Crippen LogP contribution >= 0.6 is 23.4 Å². The summed E-state index contributed by atoms with van der Waals surface area (Å²) in [6.45, 7) is 0. The molecule has 2 rings (SSSR count). The van der Waals surface area contributed by atoms with Gasteiger partial charge >= 0.3 is 6.18 Å². The van der Waals surface area contributed by atoms with Gasteiger partial charge in [0, 0.05) is 16.1 Å². The SMILES string of the molecule is N#Cc1cc(Cl)ccc1Sc1ccc(C(F)(F)F)cn1. The van der Waals surface area contributed by atoms with Crippen LogP contribution in [0.5, 0.6) is 0 Å². The number of hydrogen-bond donors (Lipinski definition) is 0. The Morgan fingerprint density at radius 2 is 1.95 bits per heavy atom. The first-order chi connectivity index (χ1) is 9.40. The Kier molecular flexibility index (Phi) is 4.21. The van der Waals surface area contributed by atoms with Crippen molar-refractivity contribution >= 4 is 23.4 Å². The summed E-state index contributed by atoms with van der Waals surface area (Å²) in [7, 11) is 0. The number of benzene rings is 1. The minimum atomic E-state index is -4.41. The van der Waals surface area contributed by atoms with Crippen LogP contribution in [-0.2, 0) is 6.18 Å². The molecule has 0 aliphatic carbocycles. The van der Waals surface area contributed by atoms with E-state index in [0.29, 0.717) is 20.5 Å². The maximum Gasteiger partial charge on any atom is 0.417 e. The van der Waals surface area contributed by atoms with Crippen LogP contribution in [-0.4, -0.2) is 4.98 Å². The third-order valence-corrected chi connectivity index (χ3v) is 3.60. The molecule has 0 fully saturated rings. The molecule has 0 aliphatic rings. The van der Waals surface area contributed by atoms with Crippen LogP contribution < -0.4 is 0 Å². The van der Waals surface area contributed by atoms with Gasteiger partial charge in [-0.25, -0.2) is 4.98 Å². The van der Waals surface area contributed by atoms with E-state index < -0.39 is 11.7 Å². The van der Waals surface area contributed by atoms with Crippen molar-refractivity contribution in [3.63, 3.8) is 0 Å². The van der Waals surface area contributed by atoms with Gasteiger partial charge in [0.1, 0.15) is 11.1 Å². The quantitative estimate of drug-likeness (QED) is 0.800. The lowest BCUT2D eigenvalue weighted by atomic mass is 10.2. The molecule has 7 heteroatoms. The molecule has 1 heterocycles. The average molecular weight is 315 g/mol. The van der Waals surface area contributed by atoms with Crippen molar-refractivity contribution in [2.45, 2.75) is 16.1 Å². The van der Waals surface area contributed by atoms with E-state index in [1.165, 1.54) is 12.1 Å². The normalized spacial score (nSPS) is 11.2. The molecular weight excluding hydrogens is 309 g/mol. The predicted molar refractivity (Wildman–Crippen MR) is 69.5 cm³/mol. The van der Waals surface area contributed by atoms with Crippen molar-refractivity contribution in [3.8, 4) is 6.07 Å². The van der Waals surface area contributed by atoms with Gasteiger partial charge in [0.15, 0.2) is 0 Å². The highest BCUT2D eigenvalue weighted by Gasteiger charge is 2.30. The summed E-state index contributed by atoms with van der Waals surface area (Å²) in [5, 5.41) is 9.78. The number of alkyl halides is 3. The van der Waals surface area contributed by atoms with Gasteiger partial charge in [-0.1, -0.05) is 23.4 Å². The Morgan fingerprint density at radius 1 is 1.20 bits per heavy atom. The van der Waals surface area contributed by atoms with Crippen LogP contribution in [0, 0.1) is 11.3 Å². The standard InChI is InChI=1S/C13H6ClF3N2S/c14-10-2-3-11(8(5-10)6-18)20-12-4-1-9(7-19-12)13(15,16)17/h1-5,7H. The molecule has 2 aromatic rings. The number of aromatic nitrogens is 1. The van der Waals surface area contributed by atoms with Gasteiger partial charge < -0.3 is 0 Å². The number of rotatable bonds is 2. The van der Waals surface area contributed by atoms with E-state index in [2.05, 4.69) is 4.98 Å². The van der Waals surface area contributed by atoms with Gasteiger partial charge in [-0.15, -0.1) is 0 Å². The van der Waals surface area contributed by atoms with Crippen molar-refractivity contribution in [2.24, 2.45) is 0 Å². The highest BCUT2D eigenvalue weighted by Crippen LogP contribution is 2.33. The van der Waals surface area contributed by atoms with E-state index in [1.807, 2.05) is 6.07 Å². The number of nitrogens with zero attached hydrogens (tertiary/aromatic N) is 2. The number of pyridine rings is 1. The molecule has 0 bridgehead atoms. The largest absolute Gasteiger partial charge is 0.417 e.